The van der Waals surface area contributed by atoms with Crippen LogP contribution in [0, 0.1) is 5.82 Å². The van der Waals surface area contributed by atoms with Crippen molar-refractivity contribution in [2.24, 2.45) is 0 Å². The van der Waals surface area contributed by atoms with Gasteiger partial charge in [-0.15, -0.1) is 0 Å². The van der Waals surface area contributed by atoms with E-state index in [1.54, 1.807) is 29.1 Å². The molecule has 4 heteroatoms. The molecule has 1 atom stereocenters. The Kier molecular flexibility index (Phi) is 3.01. The lowest BCUT2D eigenvalue weighted by Gasteiger charge is -2.12. The minimum atomic E-state index is -0.912. The van der Waals surface area contributed by atoms with E-state index in [0.717, 1.165) is 10.9 Å². The SMILES string of the molecule is OC(Cn1ncc2ccccc21)c1ccccc1F. The van der Waals surface area contributed by atoms with Gasteiger partial charge in [0.05, 0.1) is 18.3 Å². The fourth-order valence-corrected chi connectivity index (χ4v) is 2.18. The van der Waals surface area contributed by atoms with E-state index in [-0.39, 0.29) is 6.54 Å². The van der Waals surface area contributed by atoms with Crippen molar-refractivity contribution in [2.45, 2.75) is 12.6 Å². The van der Waals surface area contributed by atoms with Gasteiger partial charge in [0.1, 0.15) is 11.9 Å². The molecule has 0 radical (unpaired) electrons. The first-order valence-corrected chi connectivity index (χ1v) is 6.09. The number of halogens is 1. The van der Waals surface area contributed by atoms with Gasteiger partial charge in [0, 0.05) is 10.9 Å². The maximum absolute atomic E-state index is 13.6. The number of benzene rings is 2. The van der Waals surface area contributed by atoms with Crippen molar-refractivity contribution in [3.05, 3.63) is 66.1 Å². The summed E-state index contributed by atoms with van der Waals surface area (Å²) in [6.07, 6.45) is 0.827. The molecule has 0 spiro atoms. The highest BCUT2D eigenvalue weighted by molar-refractivity contribution is 5.78. The van der Waals surface area contributed by atoms with E-state index >= 15 is 0 Å². The third kappa shape index (κ3) is 2.22. The van der Waals surface area contributed by atoms with Crippen LogP contribution in [0.1, 0.15) is 11.7 Å². The standard InChI is InChI=1S/C15H13FN2O/c16-13-7-3-2-6-12(13)15(19)10-18-14-8-4-1-5-11(14)9-17-18/h1-9,15,19H,10H2. The molecule has 0 aliphatic rings. The average Bonchev–Trinajstić information content (AvgIpc) is 2.83. The summed E-state index contributed by atoms with van der Waals surface area (Å²) in [4.78, 5) is 0. The lowest BCUT2D eigenvalue weighted by Crippen LogP contribution is -2.11. The fourth-order valence-electron chi connectivity index (χ4n) is 2.18. The monoisotopic (exact) mass is 256 g/mol. The zero-order valence-corrected chi connectivity index (χ0v) is 10.2. The second kappa shape index (κ2) is 4.82. The van der Waals surface area contributed by atoms with Gasteiger partial charge < -0.3 is 5.11 Å². The molecular formula is C15H13FN2O. The Morgan fingerprint density at radius 3 is 2.68 bits per heavy atom. The second-order valence-corrected chi connectivity index (χ2v) is 4.42. The number of rotatable bonds is 3. The van der Waals surface area contributed by atoms with E-state index < -0.39 is 11.9 Å². The molecule has 0 bridgehead atoms. The maximum Gasteiger partial charge on any atom is 0.129 e. The van der Waals surface area contributed by atoms with Crippen LogP contribution in [0.3, 0.4) is 0 Å². The smallest absolute Gasteiger partial charge is 0.129 e. The zero-order valence-electron chi connectivity index (χ0n) is 10.2. The third-order valence-corrected chi connectivity index (χ3v) is 3.16. The van der Waals surface area contributed by atoms with E-state index in [1.165, 1.54) is 6.07 Å². The van der Waals surface area contributed by atoms with Crippen LogP contribution in [-0.2, 0) is 6.54 Å². The third-order valence-electron chi connectivity index (χ3n) is 3.16. The topological polar surface area (TPSA) is 38.0 Å². The van der Waals surface area contributed by atoms with Gasteiger partial charge in [0.15, 0.2) is 0 Å². The number of nitrogens with zero attached hydrogens (tertiary/aromatic N) is 2. The average molecular weight is 256 g/mol. The summed E-state index contributed by atoms with van der Waals surface area (Å²) in [5, 5.41) is 15.4. The molecule has 0 amide bonds. The predicted molar refractivity (Wildman–Crippen MR) is 71.1 cm³/mol. The fraction of sp³-hybridized carbons (Fsp3) is 0.133. The van der Waals surface area contributed by atoms with Crippen LogP contribution in [0.4, 0.5) is 4.39 Å². The predicted octanol–water partition coefficient (Wildman–Crippen LogP) is 2.91. The molecule has 0 saturated carbocycles. The largest absolute Gasteiger partial charge is 0.386 e. The Hall–Kier alpha value is -2.20. The number of hydrogen-bond acceptors (Lipinski definition) is 2. The Labute approximate surface area is 109 Å². The molecule has 96 valence electrons. The van der Waals surface area contributed by atoms with Crippen molar-refractivity contribution >= 4 is 10.9 Å². The van der Waals surface area contributed by atoms with Crippen LogP contribution >= 0.6 is 0 Å². The first-order chi connectivity index (χ1) is 9.25. The lowest BCUT2D eigenvalue weighted by atomic mass is 10.1. The first-order valence-electron chi connectivity index (χ1n) is 6.09. The van der Waals surface area contributed by atoms with E-state index in [1.807, 2.05) is 24.3 Å². The van der Waals surface area contributed by atoms with Crippen molar-refractivity contribution in [1.29, 1.82) is 0 Å². The molecule has 1 N–H and O–H groups in total. The molecule has 0 aliphatic carbocycles. The Morgan fingerprint density at radius 2 is 1.84 bits per heavy atom. The highest BCUT2D eigenvalue weighted by atomic mass is 19.1. The van der Waals surface area contributed by atoms with Crippen LogP contribution in [0.15, 0.2) is 54.7 Å². The molecular weight excluding hydrogens is 243 g/mol. The quantitative estimate of drug-likeness (QED) is 0.782. The Bertz CT molecular complexity index is 708. The summed E-state index contributed by atoms with van der Waals surface area (Å²) in [6.45, 7) is 0.231. The summed E-state index contributed by atoms with van der Waals surface area (Å²) < 4.78 is 15.3. The van der Waals surface area contributed by atoms with Gasteiger partial charge in [-0.05, 0) is 12.1 Å². The van der Waals surface area contributed by atoms with Crippen molar-refractivity contribution in [3.8, 4) is 0 Å². The molecule has 3 rings (SSSR count). The summed E-state index contributed by atoms with van der Waals surface area (Å²) in [5.74, 6) is -0.397. The van der Waals surface area contributed by atoms with Crippen molar-refractivity contribution in [1.82, 2.24) is 9.78 Å². The normalized spacial score (nSPS) is 12.7. The maximum atomic E-state index is 13.6. The van der Waals surface area contributed by atoms with Crippen molar-refractivity contribution in [2.75, 3.05) is 0 Å². The van der Waals surface area contributed by atoms with E-state index in [2.05, 4.69) is 5.10 Å². The van der Waals surface area contributed by atoms with E-state index in [4.69, 9.17) is 0 Å². The number of aromatic nitrogens is 2. The van der Waals surface area contributed by atoms with Crippen molar-refractivity contribution in [3.63, 3.8) is 0 Å². The van der Waals surface area contributed by atoms with Gasteiger partial charge in [-0.1, -0.05) is 36.4 Å². The summed E-state index contributed by atoms with van der Waals surface area (Å²) in [7, 11) is 0. The van der Waals surface area contributed by atoms with Gasteiger partial charge in [0.2, 0.25) is 0 Å². The van der Waals surface area contributed by atoms with Crippen LogP contribution in [-0.4, -0.2) is 14.9 Å². The summed E-state index contributed by atoms with van der Waals surface area (Å²) >= 11 is 0. The summed E-state index contributed by atoms with van der Waals surface area (Å²) in [6, 6.07) is 14.0. The van der Waals surface area contributed by atoms with Gasteiger partial charge in [-0.2, -0.15) is 5.10 Å². The lowest BCUT2D eigenvalue weighted by molar-refractivity contribution is 0.149. The molecule has 0 saturated heterocycles. The molecule has 1 unspecified atom stereocenters. The highest BCUT2D eigenvalue weighted by Gasteiger charge is 2.14. The van der Waals surface area contributed by atoms with Crippen LogP contribution in [0.5, 0.6) is 0 Å². The van der Waals surface area contributed by atoms with E-state index in [9.17, 15) is 9.50 Å². The number of hydrogen-bond donors (Lipinski definition) is 1. The zero-order chi connectivity index (χ0) is 13.2. The second-order valence-electron chi connectivity index (χ2n) is 4.42. The van der Waals surface area contributed by atoms with Gasteiger partial charge >= 0.3 is 0 Å². The molecule has 2 aromatic carbocycles. The first kappa shape index (κ1) is 11.9. The minimum absolute atomic E-state index is 0.231. The Balaban J connectivity index is 1.91. The minimum Gasteiger partial charge on any atom is -0.386 e. The molecule has 0 fully saturated rings. The van der Waals surface area contributed by atoms with Crippen LogP contribution < -0.4 is 0 Å². The number of para-hydroxylation sites is 1. The van der Waals surface area contributed by atoms with Crippen molar-refractivity contribution < 1.29 is 9.50 Å². The number of fused-ring (bicyclic) bond motifs is 1. The molecule has 1 aromatic heterocycles. The molecule has 0 aliphatic heterocycles. The number of aliphatic hydroxyl groups excluding tert-OH is 1. The molecule has 3 aromatic rings. The molecule has 3 nitrogen and oxygen atoms in total. The van der Waals surface area contributed by atoms with Crippen LogP contribution in [0.2, 0.25) is 0 Å². The summed E-state index contributed by atoms with van der Waals surface area (Å²) in [5.41, 5.74) is 1.22. The number of aliphatic hydroxyl groups is 1. The van der Waals surface area contributed by atoms with E-state index in [0.29, 0.717) is 5.56 Å². The molecule has 1 heterocycles. The molecule has 19 heavy (non-hydrogen) atoms. The van der Waals surface area contributed by atoms with Gasteiger partial charge in [-0.3, -0.25) is 4.68 Å². The van der Waals surface area contributed by atoms with Crippen LogP contribution in [0.25, 0.3) is 10.9 Å². The highest BCUT2D eigenvalue weighted by Crippen LogP contribution is 2.20. The van der Waals surface area contributed by atoms with Gasteiger partial charge in [-0.25, -0.2) is 4.39 Å². The van der Waals surface area contributed by atoms with Gasteiger partial charge in [0.25, 0.3) is 0 Å². The Morgan fingerprint density at radius 1 is 1.11 bits per heavy atom.